The minimum atomic E-state index is -0.257. The maximum absolute atomic E-state index is 13.4. The highest BCUT2D eigenvalue weighted by molar-refractivity contribution is 5.36. The summed E-state index contributed by atoms with van der Waals surface area (Å²) in [6, 6.07) is 4.45. The second-order valence-electron chi connectivity index (χ2n) is 6.95. The Morgan fingerprint density at radius 1 is 1.24 bits per heavy atom. The highest BCUT2D eigenvalue weighted by Gasteiger charge is 2.32. The molecule has 0 heterocycles. The smallest absolute Gasteiger partial charge is 0.124 e. The molecule has 1 aromatic rings. The van der Waals surface area contributed by atoms with E-state index in [1.807, 2.05) is 6.92 Å². The van der Waals surface area contributed by atoms with E-state index in [0.717, 1.165) is 17.7 Å². The molecule has 4 atom stereocenters. The van der Waals surface area contributed by atoms with Crippen LogP contribution in [0.5, 0.6) is 5.75 Å². The third kappa shape index (κ3) is 3.97. The molecule has 21 heavy (non-hydrogen) atoms. The molecule has 0 bridgehead atoms. The average Bonchev–Trinajstić information content (AvgIpc) is 2.40. The zero-order valence-electron chi connectivity index (χ0n) is 13.6. The number of hydrogen-bond donors (Lipinski definition) is 1. The molecule has 2 rings (SSSR count). The van der Waals surface area contributed by atoms with E-state index in [0.29, 0.717) is 17.8 Å². The molecule has 0 amide bonds. The summed E-state index contributed by atoms with van der Waals surface area (Å²) in [7, 11) is 0. The Morgan fingerprint density at radius 2 is 1.95 bits per heavy atom. The van der Waals surface area contributed by atoms with E-state index < -0.39 is 0 Å². The first kappa shape index (κ1) is 16.3. The predicted octanol–water partition coefficient (Wildman–Crippen LogP) is 4.69. The molecule has 1 fully saturated rings. The van der Waals surface area contributed by atoms with Crippen LogP contribution in [0.15, 0.2) is 18.2 Å². The van der Waals surface area contributed by atoms with Gasteiger partial charge in [-0.15, -0.1) is 0 Å². The lowest BCUT2D eigenvalue weighted by Gasteiger charge is -2.37. The second-order valence-corrected chi connectivity index (χ2v) is 6.95. The molecule has 118 valence electrons. The van der Waals surface area contributed by atoms with E-state index in [9.17, 15) is 4.39 Å². The molecule has 1 aromatic carbocycles. The highest BCUT2D eigenvalue weighted by Crippen LogP contribution is 2.37. The van der Waals surface area contributed by atoms with Crippen molar-refractivity contribution in [3.05, 3.63) is 29.6 Å². The van der Waals surface area contributed by atoms with Crippen molar-refractivity contribution >= 4 is 0 Å². The van der Waals surface area contributed by atoms with E-state index in [4.69, 9.17) is 10.5 Å². The lowest BCUT2D eigenvalue weighted by Crippen LogP contribution is -2.36. The molecule has 0 aromatic heterocycles. The van der Waals surface area contributed by atoms with Gasteiger partial charge in [0, 0.05) is 11.6 Å². The van der Waals surface area contributed by atoms with Crippen molar-refractivity contribution < 1.29 is 9.13 Å². The van der Waals surface area contributed by atoms with Gasteiger partial charge in [-0.3, -0.25) is 0 Å². The normalized spacial score (nSPS) is 27.7. The lowest BCUT2D eigenvalue weighted by atomic mass is 9.75. The number of hydrogen-bond acceptors (Lipinski definition) is 2. The summed E-state index contributed by atoms with van der Waals surface area (Å²) in [4.78, 5) is 0. The van der Waals surface area contributed by atoms with Gasteiger partial charge in [0.2, 0.25) is 0 Å². The van der Waals surface area contributed by atoms with Crippen LogP contribution in [0.2, 0.25) is 0 Å². The van der Waals surface area contributed by atoms with Gasteiger partial charge in [0.15, 0.2) is 0 Å². The third-order valence-corrected chi connectivity index (χ3v) is 4.70. The van der Waals surface area contributed by atoms with Crippen LogP contribution in [0.3, 0.4) is 0 Å². The molecule has 0 saturated heterocycles. The average molecular weight is 293 g/mol. The second kappa shape index (κ2) is 6.78. The molecule has 1 aliphatic carbocycles. The van der Waals surface area contributed by atoms with Gasteiger partial charge in [-0.25, -0.2) is 4.39 Å². The Kier molecular flexibility index (Phi) is 5.26. The van der Waals surface area contributed by atoms with Gasteiger partial charge < -0.3 is 10.5 Å². The SMILES string of the molecule is CC1CCC(C(C)C)C(Oc2ccc(F)cc2C(C)N)C1. The molecular weight excluding hydrogens is 265 g/mol. The Hall–Kier alpha value is -1.09. The van der Waals surface area contributed by atoms with Crippen molar-refractivity contribution in [1.82, 2.24) is 0 Å². The van der Waals surface area contributed by atoms with Gasteiger partial charge in [-0.05, 0) is 55.7 Å². The van der Waals surface area contributed by atoms with Crippen LogP contribution >= 0.6 is 0 Å². The van der Waals surface area contributed by atoms with Gasteiger partial charge in [0.1, 0.15) is 17.7 Å². The van der Waals surface area contributed by atoms with Crippen molar-refractivity contribution in [1.29, 1.82) is 0 Å². The molecule has 0 radical (unpaired) electrons. The van der Waals surface area contributed by atoms with Crippen LogP contribution in [0.4, 0.5) is 4.39 Å². The molecular formula is C18H28FNO. The Bertz CT molecular complexity index is 472. The van der Waals surface area contributed by atoms with E-state index in [1.165, 1.54) is 25.0 Å². The molecule has 3 heteroatoms. The van der Waals surface area contributed by atoms with Gasteiger partial charge in [-0.1, -0.05) is 27.2 Å². The fraction of sp³-hybridized carbons (Fsp3) is 0.667. The molecule has 2 nitrogen and oxygen atoms in total. The summed E-state index contributed by atoms with van der Waals surface area (Å²) in [5.41, 5.74) is 6.72. The summed E-state index contributed by atoms with van der Waals surface area (Å²) < 4.78 is 19.7. The zero-order valence-corrected chi connectivity index (χ0v) is 13.6. The van der Waals surface area contributed by atoms with Crippen LogP contribution in [0.25, 0.3) is 0 Å². The Balaban J connectivity index is 2.22. The fourth-order valence-electron chi connectivity index (χ4n) is 3.40. The number of ether oxygens (including phenoxy) is 1. The van der Waals surface area contributed by atoms with E-state index in [2.05, 4.69) is 20.8 Å². The number of benzene rings is 1. The van der Waals surface area contributed by atoms with Crippen LogP contribution in [-0.4, -0.2) is 6.10 Å². The van der Waals surface area contributed by atoms with Crippen molar-refractivity contribution in [2.75, 3.05) is 0 Å². The number of halogens is 1. The van der Waals surface area contributed by atoms with Gasteiger partial charge in [0.25, 0.3) is 0 Å². The summed E-state index contributed by atoms with van der Waals surface area (Å²) in [5.74, 6) is 2.33. The molecule has 4 unspecified atom stereocenters. The summed E-state index contributed by atoms with van der Waals surface area (Å²) in [6.45, 7) is 8.66. The first-order valence-electron chi connectivity index (χ1n) is 8.10. The van der Waals surface area contributed by atoms with Gasteiger partial charge in [0.05, 0.1) is 0 Å². The van der Waals surface area contributed by atoms with Crippen LogP contribution in [0, 0.1) is 23.6 Å². The summed E-state index contributed by atoms with van der Waals surface area (Å²) in [6.07, 6.45) is 3.75. The number of nitrogens with two attached hydrogens (primary N) is 1. The summed E-state index contributed by atoms with van der Waals surface area (Å²) in [5, 5.41) is 0. The Labute approximate surface area is 127 Å². The number of rotatable bonds is 4. The van der Waals surface area contributed by atoms with Gasteiger partial charge >= 0.3 is 0 Å². The first-order valence-corrected chi connectivity index (χ1v) is 8.10. The molecule has 1 aliphatic rings. The minimum absolute atomic E-state index is 0.205. The third-order valence-electron chi connectivity index (χ3n) is 4.70. The van der Waals surface area contributed by atoms with Gasteiger partial charge in [-0.2, -0.15) is 0 Å². The van der Waals surface area contributed by atoms with Crippen molar-refractivity contribution in [2.45, 2.75) is 59.1 Å². The molecule has 1 saturated carbocycles. The maximum Gasteiger partial charge on any atom is 0.124 e. The predicted molar refractivity (Wildman–Crippen MR) is 84.8 cm³/mol. The molecule has 2 N–H and O–H groups in total. The van der Waals surface area contributed by atoms with Crippen molar-refractivity contribution in [2.24, 2.45) is 23.5 Å². The van der Waals surface area contributed by atoms with E-state index >= 15 is 0 Å². The maximum atomic E-state index is 13.4. The van der Waals surface area contributed by atoms with Crippen molar-refractivity contribution in [3.8, 4) is 5.75 Å². The van der Waals surface area contributed by atoms with Crippen LogP contribution in [0.1, 0.15) is 58.6 Å². The zero-order chi connectivity index (χ0) is 15.6. The monoisotopic (exact) mass is 293 g/mol. The van der Waals surface area contributed by atoms with E-state index in [1.54, 1.807) is 6.07 Å². The quantitative estimate of drug-likeness (QED) is 0.874. The highest BCUT2D eigenvalue weighted by atomic mass is 19.1. The molecule has 0 spiro atoms. The molecule has 0 aliphatic heterocycles. The van der Waals surface area contributed by atoms with Crippen LogP contribution < -0.4 is 10.5 Å². The minimum Gasteiger partial charge on any atom is -0.490 e. The van der Waals surface area contributed by atoms with E-state index in [-0.39, 0.29) is 18.0 Å². The topological polar surface area (TPSA) is 35.2 Å². The largest absolute Gasteiger partial charge is 0.490 e. The fourth-order valence-corrected chi connectivity index (χ4v) is 3.40. The Morgan fingerprint density at radius 3 is 2.57 bits per heavy atom. The first-order chi connectivity index (χ1) is 9.88. The lowest BCUT2D eigenvalue weighted by molar-refractivity contribution is 0.0450. The van der Waals surface area contributed by atoms with Crippen LogP contribution in [-0.2, 0) is 0 Å². The summed E-state index contributed by atoms with van der Waals surface area (Å²) >= 11 is 0. The van der Waals surface area contributed by atoms with Crippen molar-refractivity contribution in [3.63, 3.8) is 0 Å². The standard InChI is InChI=1S/C18H28FNO/c1-11(2)15-7-5-12(3)9-18(15)21-17-8-6-14(19)10-16(17)13(4)20/h6,8,10-13,15,18H,5,7,9,20H2,1-4H3.